The summed E-state index contributed by atoms with van der Waals surface area (Å²) in [6, 6.07) is 8.15. The van der Waals surface area contributed by atoms with E-state index in [0.29, 0.717) is 6.61 Å². The van der Waals surface area contributed by atoms with Crippen LogP contribution in [0.15, 0.2) is 24.3 Å². The smallest absolute Gasteiger partial charge is 0.123 e. The number of benzene rings is 1. The number of para-hydroxylation sites is 1. The summed E-state index contributed by atoms with van der Waals surface area (Å²) in [6.45, 7) is 5.62. The number of hydrogen-bond donors (Lipinski definition) is 2. The van der Waals surface area contributed by atoms with Crippen molar-refractivity contribution in [2.24, 2.45) is 0 Å². The molecule has 2 N–H and O–H groups in total. The fraction of sp³-hybridized carbons (Fsp3) is 0.538. The Morgan fingerprint density at radius 1 is 1.29 bits per heavy atom. The Kier molecular flexibility index (Phi) is 8.86. The summed E-state index contributed by atoms with van der Waals surface area (Å²) in [5.41, 5.74) is 1.14. The van der Waals surface area contributed by atoms with Gasteiger partial charge in [-0.25, -0.2) is 0 Å². The lowest BCUT2D eigenvalue weighted by Gasteiger charge is -2.15. The molecular formula is C13H22ClNO2. The van der Waals surface area contributed by atoms with E-state index in [1.165, 1.54) is 0 Å². The van der Waals surface area contributed by atoms with E-state index in [9.17, 15) is 0 Å². The lowest BCUT2D eigenvalue weighted by molar-refractivity contribution is 0.237. The monoisotopic (exact) mass is 259 g/mol. The molecule has 0 radical (unpaired) electrons. The summed E-state index contributed by atoms with van der Waals surface area (Å²) in [6.07, 6.45) is 0.924. The van der Waals surface area contributed by atoms with E-state index in [0.717, 1.165) is 24.3 Å². The molecule has 1 atom stereocenters. The Hall–Kier alpha value is -0.770. The summed E-state index contributed by atoms with van der Waals surface area (Å²) in [7, 11) is 0. The molecule has 0 bridgehead atoms. The summed E-state index contributed by atoms with van der Waals surface area (Å²) < 4.78 is 5.53. The van der Waals surface area contributed by atoms with Crippen molar-refractivity contribution in [3.05, 3.63) is 29.8 Å². The topological polar surface area (TPSA) is 41.5 Å². The Bertz CT molecular complexity index is 303. The van der Waals surface area contributed by atoms with Gasteiger partial charge >= 0.3 is 0 Å². The molecular weight excluding hydrogens is 238 g/mol. The van der Waals surface area contributed by atoms with E-state index in [1.54, 1.807) is 0 Å². The first-order chi connectivity index (χ1) is 7.81. The molecule has 0 aromatic heterocycles. The van der Waals surface area contributed by atoms with Gasteiger partial charge in [0.15, 0.2) is 0 Å². The van der Waals surface area contributed by atoms with Crippen LogP contribution in [-0.2, 0) is 6.54 Å². The van der Waals surface area contributed by atoms with Gasteiger partial charge < -0.3 is 15.2 Å². The van der Waals surface area contributed by atoms with Crippen LogP contribution in [0.25, 0.3) is 0 Å². The van der Waals surface area contributed by atoms with E-state index < -0.39 is 0 Å². The lowest BCUT2D eigenvalue weighted by Crippen LogP contribution is -2.31. The van der Waals surface area contributed by atoms with Gasteiger partial charge in [-0.05, 0) is 19.4 Å². The van der Waals surface area contributed by atoms with Crippen molar-refractivity contribution >= 4 is 12.4 Å². The normalized spacial score (nSPS) is 11.7. The summed E-state index contributed by atoms with van der Waals surface area (Å²) in [5, 5.41) is 12.4. The highest BCUT2D eigenvalue weighted by molar-refractivity contribution is 5.85. The van der Waals surface area contributed by atoms with Crippen LogP contribution in [0, 0.1) is 0 Å². The summed E-state index contributed by atoms with van der Waals surface area (Å²) in [4.78, 5) is 0. The minimum Gasteiger partial charge on any atom is -0.494 e. The van der Waals surface area contributed by atoms with E-state index in [1.807, 2.05) is 31.2 Å². The van der Waals surface area contributed by atoms with Crippen LogP contribution in [0.5, 0.6) is 5.75 Å². The molecule has 98 valence electrons. The van der Waals surface area contributed by atoms with Gasteiger partial charge in [0.1, 0.15) is 5.75 Å². The predicted molar refractivity (Wildman–Crippen MR) is 72.9 cm³/mol. The van der Waals surface area contributed by atoms with Crippen LogP contribution < -0.4 is 10.1 Å². The van der Waals surface area contributed by atoms with Crippen LogP contribution >= 0.6 is 12.4 Å². The molecule has 0 saturated heterocycles. The molecule has 1 aromatic carbocycles. The van der Waals surface area contributed by atoms with Crippen molar-refractivity contribution in [2.75, 3.05) is 13.2 Å². The molecule has 0 saturated carbocycles. The second-order valence-corrected chi connectivity index (χ2v) is 3.71. The third-order valence-corrected chi connectivity index (χ3v) is 2.57. The second kappa shape index (κ2) is 9.28. The molecule has 0 spiro atoms. The molecule has 0 aliphatic rings. The predicted octanol–water partition coefficient (Wildman–Crippen LogP) is 2.37. The number of ether oxygens (including phenoxy) is 1. The second-order valence-electron chi connectivity index (χ2n) is 3.71. The van der Waals surface area contributed by atoms with Gasteiger partial charge in [0, 0.05) is 18.2 Å². The third-order valence-electron chi connectivity index (χ3n) is 2.57. The van der Waals surface area contributed by atoms with Crippen molar-refractivity contribution in [3.63, 3.8) is 0 Å². The highest BCUT2D eigenvalue weighted by Crippen LogP contribution is 2.17. The maximum absolute atomic E-state index is 9.08. The fourth-order valence-corrected chi connectivity index (χ4v) is 1.54. The maximum atomic E-state index is 9.08. The van der Waals surface area contributed by atoms with Crippen LogP contribution in [-0.4, -0.2) is 24.4 Å². The molecule has 0 fully saturated rings. The standard InChI is InChI=1S/C13H21NO2.ClH/c1-3-12(10-15)14-9-11-7-5-6-8-13(11)16-4-2;/h5-8,12,14-15H,3-4,9-10H2,1-2H3;1H. The fourth-order valence-electron chi connectivity index (χ4n) is 1.54. The third kappa shape index (κ3) is 5.39. The zero-order valence-corrected chi connectivity index (χ0v) is 11.3. The van der Waals surface area contributed by atoms with Crippen molar-refractivity contribution in [3.8, 4) is 5.75 Å². The van der Waals surface area contributed by atoms with Gasteiger partial charge in [-0.1, -0.05) is 25.1 Å². The van der Waals surface area contributed by atoms with Crippen molar-refractivity contribution in [1.82, 2.24) is 5.32 Å². The molecule has 1 unspecified atom stereocenters. The van der Waals surface area contributed by atoms with Gasteiger partial charge in [0.2, 0.25) is 0 Å². The number of rotatable bonds is 7. The Labute approximate surface area is 110 Å². The molecule has 1 rings (SSSR count). The van der Waals surface area contributed by atoms with Crippen LogP contribution in [0.3, 0.4) is 0 Å². The quantitative estimate of drug-likeness (QED) is 0.790. The number of hydrogen-bond acceptors (Lipinski definition) is 3. The van der Waals surface area contributed by atoms with Gasteiger partial charge in [-0.15, -0.1) is 12.4 Å². The zero-order valence-electron chi connectivity index (χ0n) is 10.5. The van der Waals surface area contributed by atoms with Crippen molar-refractivity contribution in [2.45, 2.75) is 32.9 Å². The highest BCUT2D eigenvalue weighted by atomic mass is 35.5. The molecule has 0 amide bonds. The SMILES string of the molecule is CCOc1ccccc1CNC(CC)CO.Cl. The van der Waals surface area contributed by atoms with Crippen molar-refractivity contribution in [1.29, 1.82) is 0 Å². The minimum atomic E-state index is 0. The average molecular weight is 260 g/mol. The minimum absolute atomic E-state index is 0. The largest absolute Gasteiger partial charge is 0.494 e. The lowest BCUT2D eigenvalue weighted by atomic mass is 10.1. The molecule has 1 aromatic rings. The molecule has 0 aliphatic carbocycles. The first-order valence-corrected chi connectivity index (χ1v) is 5.86. The van der Waals surface area contributed by atoms with E-state index >= 15 is 0 Å². The Morgan fingerprint density at radius 3 is 2.59 bits per heavy atom. The van der Waals surface area contributed by atoms with Crippen LogP contribution in [0.2, 0.25) is 0 Å². The molecule has 0 aliphatic heterocycles. The molecule has 4 heteroatoms. The number of aliphatic hydroxyl groups excluding tert-OH is 1. The van der Waals surface area contributed by atoms with Crippen molar-refractivity contribution < 1.29 is 9.84 Å². The summed E-state index contributed by atoms with van der Waals surface area (Å²) in [5.74, 6) is 0.922. The average Bonchev–Trinajstić information content (AvgIpc) is 2.33. The van der Waals surface area contributed by atoms with Gasteiger partial charge in [0.05, 0.1) is 13.2 Å². The summed E-state index contributed by atoms with van der Waals surface area (Å²) >= 11 is 0. The Balaban J connectivity index is 0.00000256. The van der Waals surface area contributed by atoms with Gasteiger partial charge in [-0.2, -0.15) is 0 Å². The first-order valence-electron chi connectivity index (χ1n) is 5.86. The van der Waals surface area contributed by atoms with Gasteiger partial charge in [-0.3, -0.25) is 0 Å². The number of nitrogens with one attached hydrogen (secondary N) is 1. The number of halogens is 1. The van der Waals surface area contributed by atoms with Crippen LogP contribution in [0.1, 0.15) is 25.8 Å². The maximum Gasteiger partial charge on any atom is 0.123 e. The van der Waals surface area contributed by atoms with Crippen LogP contribution in [0.4, 0.5) is 0 Å². The van der Waals surface area contributed by atoms with E-state index in [-0.39, 0.29) is 25.1 Å². The number of aliphatic hydroxyl groups is 1. The Morgan fingerprint density at radius 2 is 2.00 bits per heavy atom. The first kappa shape index (κ1) is 16.2. The molecule has 0 heterocycles. The van der Waals surface area contributed by atoms with E-state index in [2.05, 4.69) is 12.2 Å². The van der Waals surface area contributed by atoms with E-state index in [4.69, 9.17) is 9.84 Å². The zero-order chi connectivity index (χ0) is 11.8. The molecule has 3 nitrogen and oxygen atoms in total. The van der Waals surface area contributed by atoms with Gasteiger partial charge in [0.25, 0.3) is 0 Å². The molecule has 17 heavy (non-hydrogen) atoms. The highest BCUT2D eigenvalue weighted by Gasteiger charge is 2.06.